The fourth-order valence-electron chi connectivity index (χ4n) is 5.23. The Labute approximate surface area is 205 Å². The first-order valence-electron chi connectivity index (χ1n) is 12.3. The van der Waals surface area contributed by atoms with Crippen LogP contribution in [0.15, 0.2) is 42.5 Å². The molecule has 0 saturated heterocycles. The van der Waals surface area contributed by atoms with Gasteiger partial charge in [0.15, 0.2) is 0 Å². The average Bonchev–Trinajstić information content (AvgIpc) is 2.85. The highest BCUT2D eigenvalue weighted by molar-refractivity contribution is 6.31. The van der Waals surface area contributed by atoms with Crippen LogP contribution in [0.2, 0.25) is 5.02 Å². The van der Waals surface area contributed by atoms with Gasteiger partial charge < -0.3 is 16.0 Å². The summed E-state index contributed by atoms with van der Waals surface area (Å²) < 4.78 is 13.2. The molecule has 2 aromatic carbocycles. The summed E-state index contributed by atoms with van der Waals surface area (Å²) in [5.74, 6) is -0.506. The topological polar surface area (TPSA) is 75.4 Å². The molecule has 2 atom stereocenters. The zero-order valence-corrected chi connectivity index (χ0v) is 20.2. The van der Waals surface area contributed by atoms with Crippen molar-refractivity contribution >= 4 is 29.1 Å². The highest BCUT2D eigenvalue weighted by Crippen LogP contribution is 2.32. The second-order valence-electron chi connectivity index (χ2n) is 9.58. The molecule has 2 aliphatic carbocycles. The Hall–Kier alpha value is -2.44. The monoisotopic (exact) mass is 485 g/mol. The molecular formula is C27H33ClFN3O2. The van der Waals surface area contributed by atoms with E-state index in [2.05, 4.69) is 5.32 Å². The van der Waals surface area contributed by atoms with Gasteiger partial charge in [-0.2, -0.15) is 0 Å². The maximum absolute atomic E-state index is 13.7. The average molecular weight is 486 g/mol. The Bertz CT molecular complexity index is 1010. The minimum Gasteiger partial charge on any atom is -0.334 e. The lowest BCUT2D eigenvalue weighted by Gasteiger charge is -2.41. The number of amides is 2. The van der Waals surface area contributed by atoms with E-state index < -0.39 is 5.82 Å². The molecule has 7 heteroatoms. The smallest absolute Gasteiger partial charge is 0.255 e. The van der Waals surface area contributed by atoms with Crippen molar-refractivity contribution in [1.29, 1.82) is 0 Å². The number of nitrogens with one attached hydrogen (secondary N) is 1. The van der Waals surface area contributed by atoms with Gasteiger partial charge >= 0.3 is 0 Å². The van der Waals surface area contributed by atoms with Crippen molar-refractivity contribution in [2.24, 2.45) is 11.7 Å². The molecule has 2 amide bonds. The van der Waals surface area contributed by atoms with Crippen molar-refractivity contribution in [2.75, 3.05) is 5.32 Å². The molecule has 4 rings (SSSR count). The Morgan fingerprint density at radius 2 is 1.65 bits per heavy atom. The molecular weight excluding hydrogens is 453 g/mol. The number of halogens is 2. The molecule has 0 heterocycles. The molecule has 0 aromatic heterocycles. The number of nitrogens with two attached hydrogens (primary N) is 1. The van der Waals surface area contributed by atoms with Crippen molar-refractivity contribution in [3.63, 3.8) is 0 Å². The third-order valence-corrected chi connectivity index (χ3v) is 7.54. The number of hydrogen-bond acceptors (Lipinski definition) is 3. The zero-order valence-electron chi connectivity index (χ0n) is 19.4. The molecule has 2 unspecified atom stereocenters. The molecule has 0 bridgehead atoms. The predicted molar refractivity (Wildman–Crippen MR) is 133 cm³/mol. The van der Waals surface area contributed by atoms with Gasteiger partial charge in [0.1, 0.15) is 5.82 Å². The third-order valence-electron chi connectivity index (χ3n) is 7.17. The molecule has 0 radical (unpaired) electrons. The summed E-state index contributed by atoms with van der Waals surface area (Å²) in [6.07, 6.45) is 9.20. The van der Waals surface area contributed by atoms with Gasteiger partial charge in [-0.25, -0.2) is 4.39 Å². The first-order chi connectivity index (χ1) is 16.4. The third kappa shape index (κ3) is 5.97. The number of rotatable bonds is 6. The quantitative estimate of drug-likeness (QED) is 0.534. The number of benzene rings is 2. The van der Waals surface area contributed by atoms with Crippen LogP contribution in [0, 0.1) is 11.7 Å². The molecule has 0 aliphatic heterocycles. The van der Waals surface area contributed by atoms with Gasteiger partial charge in [0.25, 0.3) is 5.91 Å². The van der Waals surface area contributed by atoms with Crippen molar-refractivity contribution in [3.05, 3.63) is 64.4 Å². The fourth-order valence-corrected chi connectivity index (χ4v) is 5.41. The molecule has 5 nitrogen and oxygen atoms in total. The summed E-state index contributed by atoms with van der Waals surface area (Å²) >= 11 is 6.55. The van der Waals surface area contributed by atoms with Crippen molar-refractivity contribution in [3.8, 4) is 0 Å². The summed E-state index contributed by atoms with van der Waals surface area (Å²) in [5, 5.41) is 3.40. The van der Waals surface area contributed by atoms with E-state index in [0.29, 0.717) is 22.8 Å². The molecule has 3 N–H and O–H groups in total. The Kier molecular flexibility index (Phi) is 8.22. The van der Waals surface area contributed by atoms with Gasteiger partial charge in [-0.3, -0.25) is 9.59 Å². The lowest BCUT2D eigenvalue weighted by Crippen LogP contribution is -2.53. The largest absolute Gasteiger partial charge is 0.334 e. The molecule has 2 fully saturated rings. The number of anilines is 1. The summed E-state index contributed by atoms with van der Waals surface area (Å²) in [4.78, 5) is 28.2. The first kappa shape index (κ1) is 24.7. The summed E-state index contributed by atoms with van der Waals surface area (Å²) in [5.41, 5.74) is 8.21. The molecule has 34 heavy (non-hydrogen) atoms. The maximum Gasteiger partial charge on any atom is 0.255 e. The van der Waals surface area contributed by atoms with E-state index in [1.54, 1.807) is 12.1 Å². The predicted octanol–water partition coefficient (Wildman–Crippen LogP) is 5.91. The lowest BCUT2D eigenvalue weighted by atomic mass is 9.85. The van der Waals surface area contributed by atoms with E-state index in [4.69, 9.17) is 17.3 Å². The highest BCUT2D eigenvalue weighted by Gasteiger charge is 2.35. The fraction of sp³-hybridized carbons (Fsp3) is 0.481. The summed E-state index contributed by atoms with van der Waals surface area (Å²) in [7, 11) is 0. The van der Waals surface area contributed by atoms with Gasteiger partial charge in [-0.1, -0.05) is 43.7 Å². The molecule has 0 spiro atoms. The Morgan fingerprint density at radius 1 is 0.971 bits per heavy atom. The van der Waals surface area contributed by atoms with Crippen LogP contribution in [0.25, 0.3) is 0 Å². The first-order valence-corrected chi connectivity index (χ1v) is 12.7. The van der Waals surface area contributed by atoms with Crippen molar-refractivity contribution in [2.45, 2.75) is 76.4 Å². The van der Waals surface area contributed by atoms with E-state index in [1.807, 2.05) is 11.0 Å². The normalized spacial score (nSPS) is 21.1. The van der Waals surface area contributed by atoms with Crippen LogP contribution in [0.4, 0.5) is 10.1 Å². The van der Waals surface area contributed by atoms with Gasteiger partial charge in [-0.05, 0) is 73.7 Å². The number of hydrogen-bond donors (Lipinski definition) is 2. The van der Waals surface area contributed by atoms with Gasteiger partial charge in [-0.15, -0.1) is 0 Å². The highest BCUT2D eigenvalue weighted by atomic mass is 35.5. The van der Waals surface area contributed by atoms with E-state index in [1.165, 1.54) is 30.7 Å². The van der Waals surface area contributed by atoms with Crippen molar-refractivity contribution in [1.82, 2.24) is 4.90 Å². The van der Waals surface area contributed by atoms with Gasteiger partial charge in [0.2, 0.25) is 5.91 Å². The van der Waals surface area contributed by atoms with E-state index in [-0.39, 0.29) is 29.8 Å². The Morgan fingerprint density at radius 3 is 2.35 bits per heavy atom. The van der Waals surface area contributed by atoms with E-state index in [0.717, 1.165) is 56.9 Å². The Balaban J connectivity index is 1.55. The number of carbonyl (C=O) groups excluding carboxylic acids is 2. The maximum atomic E-state index is 13.7. The van der Waals surface area contributed by atoms with E-state index in [9.17, 15) is 14.0 Å². The van der Waals surface area contributed by atoms with Gasteiger partial charge in [0, 0.05) is 40.8 Å². The second kappa shape index (κ2) is 11.3. The molecule has 2 saturated carbocycles. The van der Waals surface area contributed by atoms with Crippen LogP contribution >= 0.6 is 11.6 Å². The van der Waals surface area contributed by atoms with Crippen LogP contribution in [0.3, 0.4) is 0 Å². The zero-order chi connectivity index (χ0) is 24.1. The van der Waals surface area contributed by atoms with Crippen LogP contribution in [0.5, 0.6) is 0 Å². The standard InChI is InChI=1S/C27H33ClFN3O2/c28-23-15-14-22(31-26(33)18-10-12-21(29)13-11-18)16-20(23)17-32(25-9-5-4-8-24(25)30)27(34)19-6-2-1-3-7-19/h10-16,19,24-25H,1-9,17,30H2,(H,31,33). The van der Waals surface area contributed by atoms with Crippen molar-refractivity contribution < 1.29 is 14.0 Å². The second-order valence-corrected chi connectivity index (χ2v) is 9.99. The minimum atomic E-state index is -0.394. The molecule has 182 valence electrons. The van der Waals surface area contributed by atoms with Crippen LogP contribution < -0.4 is 11.1 Å². The van der Waals surface area contributed by atoms with Crippen LogP contribution in [-0.4, -0.2) is 28.8 Å². The van der Waals surface area contributed by atoms with E-state index >= 15 is 0 Å². The SMILES string of the molecule is NC1CCCCC1N(Cc1cc(NC(=O)c2ccc(F)cc2)ccc1Cl)C(=O)C1CCCCC1. The van der Waals surface area contributed by atoms with Gasteiger partial charge in [0.05, 0.1) is 0 Å². The minimum absolute atomic E-state index is 0.00305. The molecule has 2 aliphatic rings. The summed E-state index contributed by atoms with van der Waals surface area (Å²) in [6.45, 7) is 0.368. The van der Waals surface area contributed by atoms with Crippen LogP contribution in [-0.2, 0) is 11.3 Å². The summed E-state index contributed by atoms with van der Waals surface area (Å²) in [6, 6.07) is 10.6. The van der Waals surface area contributed by atoms with Crippen LogP contribution in [0.1, 0.15) is 73.7 Å². The number of nitrogens with zero attached hydrogens (tertiary/aromatic N) is 1. The molecule has 2 aromatic rings. The lowest BCUT2D eigenvalue weighted by molar-refractivity contribution is -0.141. The number of carbonyl (C=O) groups is 2.